The van der Waals surface area contributed by atoms with Gasteiger partial charge in [-0.1, -0.05) is 0 Å². The number of imidazole rings is 1. The summed E-state index contributed by atoms with van der Waals surface area (Å²) in [6.07, 6.45) is 0. The Bertz CT molecular complexity index is 670. The molecule has 0 N–H and O–H groups in total. The Morgan fingerprint density at radius 1 is 1.40 bits per heavy atom. The highest BCUT2D eigenvalue weighted by Crippen LogP contribution is 2.30. The monoisotopic (exact) mass is 302 g/mol. The molecule has 0 amide bonds. The van der Waals surface area contributed by atoms with E-state index in [1.165, 1.54) is 11.7 Å². The molecular formula is C13H13ClF2N2O2. The van der Waals surface area contributed by atoms with Crippen LogP contribution in [0.1, 0.15) is 31.1 Å². The first-order chi connectivity index (χ1) is 9.36. The van der Waals surface area contributed by atoms with E-state index in [1.54, 1.807) is 13.8 Å². The zero-order valence-corrected chi connectivity index (χ0v) is 11.9. The van der Waals surface area contributed by atoms with E-state index in [-0.39, 0.29) is 16.9 Å². The minimum atomic E-state index is -0.797. The van der Waals surface area contributed by atoms with Gasteiger partial charge in [0, 0.05) is 12.1 Å². The van der Waals surface area contributed by atoms with Crippen LogP contribution in [0.4, 0.5) is 8.78 Å². The molecule has 1 aromatic carbocycles. The van der Waals surface area contributed by atoms with Gasteiger partial charge in [-0.15, -0.1) is 11.6 Å². The smallest absolute Gasteiger partial charge is 0.328 e. The molecule has 0 aliphatic heterocycles. The van der Waals surface area contributed by atoms with Crippen molar-refractivity contribution in [1.29, 1.82) is 0 Å². The van der Waals surface area contributed by atoms with Crippen LogP contribution in [-0.2, 0) is 9.53 Å². The second-order valence-electron chi connectivity index (χ2n) is 4.41. The van der Waals surface area contributed by atoms with Crippen LogP contribution in [0.3, 0.4) is 0 Å². The molecule has 2 rings (SSSR count). The average molecular weight is 303 g/mol. The molecule has 1 heterocycles. The number of rotatable bonds is 3. The lowest BCUT2D eigenvalue weighted by Gasteiger charge is -2.16. The molecule has 108 valence electrons. The molecule has 4 nitrogen and oxygen atoms in total. The molecule has 0 fully saturated rings. The molecule has 1 aromatic heterocycles. The topological polar surface area (TPSA) is 44.1 Å². The van der Waals surface area contributed by atoms with Crippen LogP contribution in [0.25, 0.3) is 11.0 Å². The van der Waals surface area contributed by atoms with Crippen molar-refractivity contribution in [3.63, 3.8) is 0 Å². The van der Waals surface area contributed by atoms with E-state index < -0.39 is 29.0 Å². The summed E-state index contributed by atoms with van der Waals surface area (Å²) < 4.78 is 33.2. The number of esters is 1. The van der Waals surface area contributed by atoms with Gasteiger partial charge in [-0.25, -0.2) is 18.6 Å². The minimum Gasteiger partial charge on any atom is -0.467 e. The number of halogens is 3. The Balaban J connectivity index is 2.78. The van der Waals surface area contributed by atoms with Gasteiger partial charge in [-0.05, 0) is 13.8 Å². The van der Waals surface area contributed by atoms with Crippen LogP contribution in [-0.4, -0.2) is 22.6 Å². The number of nitrogens with zero attached hydrogens (tertiary/aromatic N) is 2. The number of aromatic nitrogens is 2. The largest absolute Gasteiger partial charge is 0.467 e. The predicted molar refractivity (Wildman–Crippen MR) is 70.6 cm³/mol. The van der Waals surface area contributed by atoms with E-state index in [9.17, 15) is 13.6 Å². The van der Waals surface area contributed by atoms with Crippen molar-refractivity contribution < 1.29 is 18.3 Å². The fraction of sp³-hybridized carbons (Fsp3) is 0.385. The van der Waals surface area contributed by atoms with E-state index in [4.69, 9.17) is 11.6 Å². The van der Waals surface area contributed by atoms with Crippen LogP contribution in [0.2, 0.25) is 0 Å². The lowest BCUT2D eigenvalue weighted by Crippen LogP contribution is -2.20. The fourth-order valence-electron chi connectivity index (χ4n) is 2.10. The van der Waals surface area contributed by atoms with Gasteiger partial charge in [-0.3, -0.25) is 0 Å². The maximum atomic E-state index is 13.8. The first-order valence-electron chi connectivity index (χ1n) is 5.95. The Kier molecular flexibility index (Phi) is 3.94. The van der Waals surface area contributed by atoms with Gasteiger partial charge in [0.25, 0.3) is 0 Å². The van der Waals surface area contributed by atoms with Gasteiger partial charge >= 0.3 is 5.97 Å². The summed E-state index contributed by atoms with van der Waals surface area (Å²) >= 11 is 6.01. The zero-order valence-electron chi connectivity index (χ0n) is 11.2. The third-order valence-electron chi connectivity index (χ3n) is 3.03. The molecule has 0 radical (unpaired) electrons. The number of carbonyl (C=O) groups is 1. The van der Waals surface area contributed by atoms with Gasteiger partial charge in [0.15, 0.2) is 5.82 Å². The first-order valence-corrected chi connectivity index (χ1v) is 6.39. The van der Waals surface area contributed by atoms with Crippen molar-refractivity contribution in [2.75, 3.05) is 7.11 Å². The summed E-state index contributed by atoms with van der Waals surface area (Å²) in [5.41, 5.74) is 0.146. The molecular weight excluding hydrogens is 290 g/mol. The average Bonchev–Trinajstić information content (AvgIpc) is 2.76. The quantitative estimate of drug-likeness (QED) is 0.645. The Hall–Kier alpha value is -1.69. The summed E-state index contributed by atoms with van der Waals surface area (Å²) in [5.74, 6) is -1.81. The molecule has 7 heteroatoms. The fourth-order valence-corrected chi connectivity index (χ4v) is 2.26. The number of hydrogen-bond acceptors (Lipinski definition) is 3. The Morgan fingerprint density at radius 3 is 2.60 bits per heavy atom. The number of ether oxygens (including phenoxy) is 1. The molecule has 0 aliphatic rings. The first kappa shape index (κ1) is 14.7. The summed E-state index contributed by atoms with van der Waals surface area (Å²) in [4.78, 5) is 15.8. The number of hydrogen-bond donors (Lipinski definition) is 0. The highest BCUT2D eigenvalue weighted by Gasteiger charge is 2.25. The van der Waals surface area contributed by atoms with Gasteiger partial charge in [0.05, 0.1) is 18.0 Å². The lowest BCUT2D eigenvalue weighted by molar-refractivity contribution is -0.143. The van der Waals surface area contributed by atoms with Crippen molar-refractivity contribution in [2.45, 2.75) is 25.3 Å². The van der Waals surface area contributed by atoms with Crippen molar-refractivity contribution in [3.05, 3.63) is 29.6 Å². The van der Waals surface area contributed by atoms with Crippen molar-refractivity contribution in [3.8, 4) is 0 Å². The van der Waals surface area contributed by atoms with E-state index in [0.29, 0.717) is 0 Å². The third-order valence-corrected chi connectivity index (χ3v) is 3.22. The molecule has 0 bridgehead atoms. The standard InChI is InChI=1S/C13H13ClF2N2O2/c1-6(14)12-17-11-9(16)4-8(15)5-10(11)18(12)7(2)13(19)20-3/h4-7H,1-3H3. The van der Waals surface area contributed by atoms with Gasteiger partial charge < -0.3 is 9.30 Å². The number of benzene rings is 1. The molecule has 0 spiro atoms. The van der Waals surface area contributed by atoms with E-state index in [1.807, 2.05) is 0 Å². The molecule has 0 aliphatic carbocycles. The summed E-state index contributed by atoms with van der Waals surface area (Å²) in [5, 5.41) is -0.572. The van der Waals surface area contributed by atoms with Crippen molar-refractivity contribution >= 4 is 28.6 Å². The second-order valence-corrected chi connectivity index (χ2v) is 5.07. The Morgan fingerprint density at radius 2 is 2.05 bits per heavy atom. The van der Waals surface area contributed by atoms with E-state index in [0.717, 1.165) is 12.1 Å². The zero-order chi connectivity index (χ0) is 15.0. The second kappa shape index (κ2) is 5.36. The third kappa shape index (κ3) is 2.35. The summed E-state index contributed by atoms with van der Waals surface area (Å²) in [6, 6.07) is 1.07. The molecule has 2 atom stereocenters. The highest BCUT2D eigenvalue weighted by molar-refractivity contribution is 6.20. The van der Waals surface area contributed by atoms with Gasteiger partial charge in [-0.2, -0.15) is 0 Å². The molecule has 2 aromatic rings. The van der Waals surface area contributed by atoms with Crippen molar-refractivity contribution in [1.82, 2.24) is 9.55 Å². The molecule has 2 unspecified atom stereocenters. The Labute approximate surface area is 119 Å². The van der Waals surface area contributed by atoms with Crippen LogP contribution in [0.15, 0.2) is 12.1 Å². The summed E-state index contributed by atoms with van der Waals surface area (Å²) in [6.45, 7) is 3.19. The van der Waals surface area contributed by atoms with Crippen LogP contribution < -0.4 is 0 Å². The van der Waals surface area contributed by atoms with Crippen LogP contribution in [0.5, 0.6) is 0 Å². The molecule has 0 saturated carbocycles. The van der Waals surface area contributed by atoms with Crippen LogP contribution in [0, 0.1) is 11.6 Å². The summed E-state index contributed by atoms with van der Waals surface area (Å²) in [7, 11) is 1.24. The molecule has 20 heavy (non-hydrogen) atoms. The van der Waals surface area contributed by atoms with Gasteiger partial charge in [0.2, 0.25) is 0 Å². The van der Waals surface area contributed by atoms with Crippen LogP contribution >= 0.6 is 11.6 Å². The predicted octanol–water partition coefficient (Wildman–Crippen LogP) is 3.35. The number of carbonyl (C=O) groups excluding carboxylic acids is 1. The SMILES string of the molecule is COC(=O)C(C)n1c(C(C)Cl)nc2c(F)cc(F)cc21. The molecule has 0 saturated heterocycles. The number of methoxy groups -OCH3 is 1. The minimum absolute atomic E-state index is 0.0235. The van der Waals surface area contributed by atoms with E-state index >= 15 is 0 Å². The lowest BCUT2D eigenvalue weighted by atomic mass is 10.2. The maximum Gasteiger partial charge on any atom is 0.328 e. The maximum absolute atomic E-state index is 13.8. The highest BCUT2D eigenvalue weighted by atomic mass is 35.5. The number of fused-ring (bicyclic) bond motifs is 1. The number of alkyl halides is 1. The normalized spacial score (nSPS) is 14.3. The van der Waals surface area contributed by atoms with E-state index in [2.05, 4.69) is 9.72 Å². The van der Waals surface area contributed by atoms with Gasteiger partial charge in [0.1, 0.15) is 23.2 Å². The van der Waals surface area contributed by atoms with Crippen molar-refractivity contribution in [2.24, 2.45) is 0 Å².